The summed E-state index contributed by atoms with van der Waals surface area (Å²) in [5, 5.41) is 3.06. The van der Waals surface area contributed by atoms with Crippen molar-refractivity contribution in [2.45, 2.75) is 32.6 Å². The van der Waals surface area contributed by atoms with E-state index in [0.717, 1.165) is 31.0 Å². The van der Waals surface area contributed by atoms with Crippen molar-refractivity contribution >= 4 is 5.91 Å². The third-order valence-corrected chi connectivity index (χ3v) is 5.28. The molecule has 0 radical (unpaired) electrons. The van der Waals surface area contributed by atoms with Gasteiger partial charge in [-0.1, -0.05) is 61.5 Å². The minimum absolute atomic E-state index is 0.115. The predicted molar refractivity (Wildman–Crippen MR) is 108 cm³/mol. The number of likely N-dealkylation sites (tertiary alicyclic amines) is 1. The molecule has 0 saturated carbocycles. The van der Waals surface area contributed by atoms with Crippen molar-refractivity contribution in [3.63, 3.8) is 0 Å². The third kappa shape index (κ3) is 5.70. The van der Waals surface area contributed by atoms with Crippen LogP contribution in [0.25, 0.3) is 11.1 Å². The first kappa shape index (κ1) is 18.7. The topological polar surface area (TPSA) is 32.3 Å². The average molecular weight is 351 g/mol. The Bertz CT molecular complexity index is 673. The van der Waals surface area contributed by atoms with E-state index in [-0.39, 0.29) is 5.91 Å². The number of benzene rings is 2. The highest BCUT2D eigenvalue weighted by molar-refractivity contribution is 5.78. The first-order valence-electron chi connectivity index (χ1n) is 9.84. The number of carbonyl (C=O) groups is 1. The number of piperidine rings is 1. The van der Waals surface area contributed by atoms with Gasteiger partial charge in [-0.05, 0) is 61.5 Å². The zero-order valence-electron chi connectivity index (χ0n) is 15.8. The summed E-state index contributed by atoms with van der Waals surface area (Å²) in [4.78, 5) is 14.7. The molecule has 0 spiro atoms. The van der Waals surface area contributed by atoms with Crippen LogP contribution in [0.5, 0.6) is 0 Å². The molecule has 0 bridgehead atoms. The number of hydrogen-bond donors (Lipinski definition) is 1. The minimum Gasteiger partial charge on any atom is -0.356 e. The van der Waals surface area contributed by atoms with E-state index in [1.807, 2.05) is 18.2 Å². The maximum absolute atomic E-state index is 12.1. The predicted octanol–water partition coefficient (Wildman–Crippen LogP) is 4.13. The zero-order chi connectivity index (χ0) is 18.2. The molecular weight excluding hydrogens is 320 g/mol. The lowest BCUT2D eigenvalue weighted by Gasteiger charge is -2.30. The van der Waals surface area contributed by atoms with E-state index in [1.54, 1.807) is 0 Å². The van der Waals surface area contributed by atoms with Gasteiger partial charge in [0, 0.05) is 6.54 Å². The molecule has 3 nitrogen and oxygen atoms in total. The second-order valence-corrected chi connectivity index (χ2v) is 7.47. The zero-order valence-corrected chi connectivity index (χ0v) is 15.8. The van der Waals surface area contributed by atoms with Crippen LogP contribution < -0.4 is 5.32 Å². The quantitative estimate of drug-likeness (QED) is 0.761. The SMILES string of the molecule is CC1CCN(CCCNC(=O)Cc2ccc(-c3ccccc3)cc2)CC1. The lowest BCUT2D eigenvalue weighted by Crippen LogP contribution is -2.35. The molecule has 1 amide bonds. The van der Waals surface area contributed by atoms with Crippen LogP contribution in [0, 0.1) is 5.92 Å². The van der Waals surface area contributed by atoms with E-state index < -0.39 is 0 Å². The molecule has 26 heavy (non-hydrogen) atoms. The van der Waals surface area contributed by atoms with Gasteiger partial charge in [-0.3, -0.25) is 4.79 Å². The van der Waals surface area contributed by atoms with Crippen LogP contribution in [0.3, 0.4) is 0 Å². The van der Waals surface area contributed by atoms with Crippen LogP contribution in [0.4, 0.5) is 0 Å². The second-order valence-electron chi connectivity index (χ2n) is 7.47. The van der Waals surface area contributed by atoms with Gasteiger partial charge in [-0.25, -0.2) is 0 Å². The van der Waals surface area contributed by atoms with Gasteiger partial charge in [0.1, 0.15) is 0 Å². The van der Waals surface area contributed by atoms with Crippen LogP contribution in [-0.4, -0.2) is 37.0 Å². The van der Waals surface area contributed by atoms with Gasteiger partial charge >= 0.3 is 0 Å². The Morgan fingerprint density at radius 2 is 1.65 bits per heavy atom. The van der Waals surface area contributed by atoms with E-state index in [0.29, 0.717) is 6.42 Å². The number of nitrogens with one attached hydrogen (secondary N) is 1. The molecule has 1 fully saturated rings. The van der Waals surface area contributed by atoms with Crippen LogP contribution in [0.15, 0.2) is 54.6 Å². The molecule has 2 aromatic carbocycles. The Morgan fingerprint density at radius 1 is 1.00 bits per heavy atom. The maximum atomic E-state index is 12.1. The Labute approximate surface area is 157 Å². The van der Waals surface area contributed by atoms with Crippen LogP contribution in [0.1, 0.15) is 31.7 Å². The summed E-state index contributed by atoms with van der Waals surface area (Å²) in [5.74, 6) is 0.990. The molecule has 2 aromatic rings. The molecule has 1 N–H and O–H groups in total. The molecule has 0 atom stereocenters. The van der Waals surface area contributed by atoms with Crippen LogP contribution in [0.2, 0.25) is 0 Å². The number of amides is 1. The van der Waals surface area contributed by atoms with E-state index in [4.69, 9.17) is 0 Å². The van der Waals surface area contributed by atoms with E-state index >= 15 is 0 Å². The lowest BCUT2D eigenvalue weighted by atomic mass is 9.99. The molecule has 3 rings (SSSR count). The first-order chi connectivity index (χ1) is 12.7. The fourth-order valence-corrected chi connectivity index (χ4v) is 3.51. The van der Waals surface area contributed by atoms with Gasteiger partial charge in [0.2, 0.25) is 5.91 Å². The molecule has 3 heteroatoms. The van der Waals surface area contributed by atoms with Gasteiger partial charge in [-0.2, -0.15) is 0 Å². The average Bonchev–Trinajstić information content (AvgIpc) is 2.68. The standard InChI is InChI=1S/C23H30N2O/c1-19-12-16-25(17-13-19)15-5-14-24-23(26)18-20-8-10-22(11-9-20)21-6-3-2-4-7-21/h2-4,6-11,19H,5,12-18H2,1H3,(H,24,26). The summed E-state index contributed by atoms with van der Waals surface area (Å²) in [5.41, 5.74) is 3.45. The van der Waals surface area contributed by atoms with Crippen molar-refractivity contribution < 1.29 is 4.79 Å². The summed E-state index contributed by atoms with van der Waals surface area (Å²) < 4.78 is 0. The molecule has 0 unspecified atom stereocenters. The van der Waals surface area contributed by atoms with E-state index in [1.165, 1.54) is 37.1 Å². The fourth-order valence-electron chi connectivity index (χ4n) is 3.51. The van der Waals surface area contributed by atoms with Crippen molar-refractivity contribution in [2.75, 3.05) is 26.2 Å². The highest BCUT2D eigenvalue weighted by Gasteiger charge is 2.14. The minimum atomic E-state index is 0.115. The second kappa shape index (κ2) is 9.54. The van der Waals surface area contributed by atoms with Crippen molar-refractivity contribution in [3.8, 4) is 11.1 Å². The molecule has 0 aromatic heterocycles. The van der Waals surface area contributed by atoms with E-state index in [2.05, 4.69) is 53.5 Å². The van der Waals surface area contributed by atoms with Gasteiger partial charge in [0.15, 0.2) is 0 Å². The Morgan fingerprint density at radius 3 is 2.35 bits per heavy atom. The number of rotatable bonds is 7. The lowest BCUT2D eigenvalue weighted by molar-refractivity contribution is -0.120. The molecule has 0 aliphatic carbocycles. The Balaban J connectivity index is 1.37. The van der Waals surface area contributed by atoms with Crippen LogP contribution >= 0.6 is 0 Å². The maximum Gasteiger partial charge on any atom is 0.224 e. The van der Waals surface area contributed by atoms with Crippen molar-refractivity contribution in [1.82, 2.24) is 10.2 Å². The van der Waals surface area contributed by atoms with Gasteiger partial charge in [0.25, 0.3) is 0 Å². The molecule has 1 aliphatic rings. The Kier molecular flexibility index (Phi) is 6.84. The monoisotopic (exact) mass is 350 g/mol. The molecule has 138 valence electrons. The summed E-state index contributed by atoms with van der Waals surface area (Å²) in [6.45, 7) is 6.63. The third-order valence-electron chi connectivity index (χ3n) is 5.28. The highest BCUT2D eigenvalue weighted by Crippen LogP contribution is 2.19. The highest BCUT2D eigenvalue weighted by atomic mass is 16.1. The Hall–Kier alpha value is -2.13. The number of nitrogens with zero attached hydrogens (tertiary/aromatic N) is 1. The van der Waals surface area contributed by atoms with Crippen molar-refractivity contribution in [3.05, 3.63) is 60.2 Å². The van der Waals surface area contributed by atoms with Gasteiger partial charge in [-0.15, -0.1) is 0 Å². The molecule has 1 saturated heterocycles. The van der Waals surface area contributed by atoms with Crippen molar-refractivity contribution in [1.29, 1.82) is 0 Å². The summed E-state index contributed by atoms with van der Waals surface area (Å²) in [6, 6.07) is 18.6. The molecular formula is C23H30N2O. The number of hydrogen-bond acceptors (Lipinski definition) is 2. The smallest absolute Gasteiger partial charge is 0.224 e. The molecule has 1 aliphatic heterocycles. The first-order valence-corrected chi connectivity index (χ1v) is 9.84. The fraction of sp³-hybridized carbons (Fsp3) is 0.435. The van der Waals surface area contributed by atoms with Crippen LogP contribution in [-0.2, 0) is 11.2 Å². The van der Waals surface area contributed by atoms with Gasteiger partial charge in [0.05, 0.1) is 6.42 Å². The van der Waals surface area contributed by atoms with Crippen molar-refractivity contribution in [2.24, 2.45) is 5.92 Å². The largest absolute Gasteiger partial charge is 0.356 e. The molecule has 1 heterocycles. The summed E-state index contributed by atoms with van der Waals surface area (Å²) in [7, 11) is 0. The summed E-state index contributed by atoms with van der Waals surface area (Å²) >= 11 is 0. The number of carbonyl (C=O) groups excluding carboxylic acids is 1. The normalized spacial score (nSPS) is 15.7. The van der Waals surface area contributed by atoms with E-state index in [9.17, 15) is 4.79 Å². The van der Waals surface area contributed by atoms with Gasteiger partial charge < -0.3 is 10.2 Å². The summed E-state index contributed by atoms with van der Waals surface area (Å²) in [6.07, 6.45) is 4.11.